The van der Waals surface area contributed by atoms with Gasteiger partial charge < -0.3 is 0 Å². The quantitative estimate of drug-likeness (QED) is 0.553. The molecule has 1 aromatic heterocycles. The third kappa shape index (κ3) is 3.62. The van der Waals surface area contributed by atoms with E-state index >= 15 is 0 Å². The Balaban J connectivity index is 2.11. The van der Waals surface area contributed by atoms with Crippen LogP contribution in [0.15, 0.2) is 34.8 Å². The molecule has 5 heteroatoms. The van der Waals surface area contributed by atoms with Crippen molar-refractivity contribution in [1.82, 2.24) is 0 Å². The Morgan fingerprint density at radius 2 is 1.82 bits per heavy atom. The summed E-state index contributed by atoms with van der Waals surface area (Å²) in [5.41, 5.74) is 1.16. The minimum atomic E-state index is -0.0648. The van der Waals surface area contributed by atoms with Crippen molar-refractivity contribution in [3.05, 3.63) is 54.6 Å². The molecule has 0 nitrogen and oxygen atoms in total. The van der Waals surface area contributed by atoms with E-state index in [0.717, 1.165) is 30.7 Å². The third-order valence-electron chi connectivity index (χ3n) is 2.30. The largest absolute Gasteiger partial charge is 0.126 e. The van der Waals surface area contributed by atoms with Gasteiger partial charge in [0.2, 0.25) is 0 Å². The van der Waals surface area contributed by atoms with Gasteiger partial charge in [-0.05, 0) is 46.1 Å². The molecule has 0 aliphatic heterocycles. The summed E-state index contributed by atoms with van der Waals surface area (Å²) in [6.07, 6.45) is 0.766. The van der Waals surface area contributed by atoms with Gasteiger partial charge in [0, 0.05) is 14.4 Å². The summed E-state index contributed by atoms with van der Waals surface area (Å²) < 4.78 is 1.64. The first kappa shape index (κ1) is 13.7. The molecule has 90 valence electrons. The van der Waals surface area contributed by atoms with E-state index in [1.807, 2.05) is 30.3 Å². The number of alkyl halides is 1. The SMILES string of the molecule is Clc1ccc(CC(Cl)c2cc(Br)c(Cl)s2)cc1. The van der Waals surface area contributed by atoms with Crippen LogP contribution in [0.4, 0.5) is 0 Å². The van der Waals surface area contributed by atoms with Gasteiger partial charge in [-0.1, -0.05) is 35.3 Å². The predicted octanol–water partition coefficient (Wildman–Crippen LogP) is 6.34. The van der Waals surface area contributed by atoms with Gasteiger partial charge in [-0.15, -0.1) is 22.9 Å². The number of halogens is 4. The lowest BCUT2D eigenvalue weighted by Crippen LogP contribution is -1.92. The highest BCUT2D eigenvalue weighted by atomic mass is 79.9. The van der Waals surface area contributed by atoms with Crippen LogP contribution in [0.5, 0.6) is 0 Å². The molecule has 1 aromatic carbocycles. The van der Waals surface area contributed by atoms with Crippen molar-refractivity contribution < 1.29 is 0 Å². The monoisotopic (exact) mass is 368 g/mol. The summed E-state index contributed by atoms with van der Waals surface area (Å²) in [6.45, 7) is 0. The van der Waals surface area contributed by atoms with Crippen molar-refractivity contribution in [1.29, 1.82) is 0 Å². The highest BCUT2D eigenvalue weighted by molar-refractivity contribution is 9.10. The number of thiophene rings is 1. The number of benzene rings is 1. The first-order valence-electron chi connectivity index (χ1n) is 4.89. The summed E-state index contributed by atoms with van der Waals surface area (Å²) in [7, 11) is 0. The van der Waals surface area contributed by atoms with Crippen molar-refractivity contribution in [2.75, 3.05) is 0 Å². The molecule has 1 atom stereocenters. The number of hydrogen-bond acceptors (Lipinski definition) is 1. The highest BCUT2D eigenvalue weighted by Crippen LogP contribution is 2.38. The van der Waals surface area contributed by atoms with Crippen LogP contribution >= 0.6 is 62.1 Å². The van der Waals surface area contributed by atoms with Gasteiger partial charge in [-0.2, -0.15) is 0 Å². The molecule has 0 aliphatic rings. The lowest BCUT2D eigenvalue weighted by Gasteiger charge is -2.07. The van der Waals surface area contributed by atoms with Gasteiger partial charge in [0.05, 0.1) is 5.38 Å². The van der Waals surface area contributed by atoms with Crippen molar-refractivity contribution >= 4 is 62.1 Å². The Hall–Kier alpha value is 0.270. The summed E-state index contributed by atoms with van der Waals surface area (Å²) >= 11 is 23.1. The molecule has 0 N–H and O–H groups in total. The Morgan fingerprint density at radius 3 is 2.35 bits per heavy atom. The zero-order chi connectivity index (χ0) is 12.4. The van der Waals surface area contributed by atoms with E-state index < -0.39 is 0 Å². The maximum atomic E-state index is 6.36. The van der Waals surface area contributed by atoms with Crippen molar-refractivity contribution in [3.8, 4) is 0 Å². The Labute approximate surface area is 128 Å². The van der Waals surface area contributed by atoms with Gasteiger partial charge in [0.1, 0.15) is 4.34 Å². The van der Waals surface area contributed by atoms with Gasteiger partial charge in [0.25, 0.3) is 0 Å². The summed E-state index contributed by atoms with van der Waals surface area (Å²) in [5, 5.41) is 0.673. The van der Waals surface area contributed by atoms with Gasteiger partial charge in [0.15, 0.2) is 0 Å². The first-order valence-corrected chi connectivity index (χ1v) is 7.69. The Morgan fingerprint density at radius 1 is 1.18 bits per heavy atom. The standard InChI is InChI=1S/C12H8BrCl3S/c13-9-6-11(17-12(9)16)10(15)5-7-1-3-8(14)4-2-7/h1-4,6,10H,5H2. The van der Waals surface area contributed by atoms with Crippen LogP contribution in [0.3, 0.4) is 0 Å². The van der Waals surface area contributed by atoms with Gasteiger partial charge >= 0.3 is 0 Å². The summed E-state index contributed by atoms with van der Waals surface area (Å²) in [4.78, 5) is 1.07. The van der Waals surface area contributed by atoms with Crippen LogP contribution in [-0.4, -0.2) is 0 Å². The molecule has 0 spiro atoms. The molecule has 17 heavy (non-hydrogen) atoms. The minimum absolute atomic E-state index is 0.0648. The number of hydrogen-bond donors (Lipinski definition) is 0. The maximum Gasteiger partial charge on any atom is 0.107 e. The van der Waals surface area contributed by atoms with Gasteiger partial charge in [-0.25, -0.2) is 0 Å². The molecule has 2 aromatic rings. The fourth-order valence-electron chi connectivity index (χ4n) is 1.45. The van der Waals surface area contributed by atoms with E-state index in [4.69, 9.17) is 34.8 Å². The van der Waals surface area contributed by atoms with Crippen molar-refractivity contribution in [3.63, 3.8) is 0 Å². The van der Waals surface area contributed by atoms with E-state index in [-0.39, 0.29) is 5.38 Å². The minimum Gasteiger partial charge on any atom is -0.126 e. The van der Waals surface area contributed by atoms with Crippen LogP contribution in [0.2, 0.25) is 9.36 Å². The summed E-state index contributed by atoms with van der Waals surface area (Å²) in [5.74, 6) is 0. The van der Waals surface area contributed by atoms with Crippen molar-refractivity contribution in [2.45, 2.75) is 11.8 Å². The van der Waals surface area contributed by atoms with E-state index in [1.165, 1.54) is 11.3 Å². The molecule has 0 saturated carbocycles. The molecule has 1 unspecified atom stereocenters. The molecule has 2 rings (SSSR count). The zero-order valence-electron chi connectivity index (χ0n) is 8.59. The molecular formula is C12H8BrCl3S. The van der Waals surface area contributed by atoms with Crippen LogP contribution in [0, 0.1) is 0 Å². The average molecular weight is 371 g/mol. The lowest BCUT2D eigenvalue weighted by molar-refractivity contribution is 0.940. The normalized spacial score (nSPS) is 12.7. The molecule has 0 saturated heterocycles. The molecular weight excluding hydrogens is 362 g/mol. The molecule has 1 heterocycles. The molecule has 0 fully saturated rings. The predicted molar refractivity (Wildman–Crippen MR) is 80.8 cm³/mol. The Kier molecular flexibility index (Phi) is 4.79. The average Bonchev–Trinajstić information content (AvgIpc) is 2.63. The van der Waals surface area contributed by atoms with E-state index in [1.54, 1.807) is 0 Å². The third-order valence-corrected chi connectivity index (χ3v) is 5.66. The van der Waals surface area contributed by atoms with Crippen LogP contribution in [0.25, 0.3) is 0 Å². The summed E-state index contributed by atoms with van der Waals surface area (Å²) in [6, 6.07) is 9.69. The molecule has 0 amide bonds. The zero-order valence-corrected chi connectivity index (χ0v) is 13.3. The second-order valence-corrected chi connectivity index (χ2v) is 7.07. The second-order valence-electron chi connectivity index (χ2n) is 3.57. The second kappa shape index (κ2) is 5.94. The van der Waals surface area contributed by atoms with E-state index in [0.29, 0.717) is 0 Å². The van der Waals surface area contributed by atoms with Crippen molar-refractivity contribution in [2.24, 2.45) is 0 Å². The van der Waals surface area contributed by atoms with Crippen LogP contribution < -0.4 is 0 Å². The van der Waals surface area contributed by atoms with Crippen LogP contribution in [-0.2, 0) is 6.42 Å². The van der Waals surface area contributed by atoms with Crippen LogP contribution in [0.1, 0.15) is 15.8 Å². The van der Waals surface area contributed by atoms with Gasteiger partial charge in [-0.3, -0.25) is 0 Å². The maximum absolute atomic E-state index is 6.36. The molecule has 0 bridgehead atoms. The van der Waals surface area contributed by atoms with E-state index in [9.17, 15) is 0 Å². The lowest BCUT2D eigenvalue weighted by atomic mass is 10.1. The highest BCUT2D eigenvalue weighted by Gasteiger charge is 2.14. The fourth-order valence-corrected chi connectivity index (χ4v) is 3.66. The molecule has 0 aliphatic carbocycles. The number of rotatable bonds is 3. The first-order chi connectivity index (χ1) is 8.06. The smallest absolute Gasteiger partial charge is 0.107 e. The fraction of sp³-hybridized carbons (Fsp3) is 0.167. The Bertz CT molecular complexity index is 487. The van der Waals surface area contributed by atoms with E-state index in [2.05, 4.69) is 15.9 Å². The molecule has 0 radical (unpaired) electrons. The topological polar surface area (TPSA) is 0 Å².